The fourth-order valence-electron chi connectivity index (χ4n) is 0.423. The Morgan fingerprint density at radius 2 is 2.50 bits per heavy atom. The van der Waals surface area contributed by atoms with Crippen LogP contribution in [-0.2, 0) is 0 Å². The first-order chi connectivity index (χ1) is 3.84. The molecule has 2 N–H and O–H groups in total. The molecule has 1 aromatic heterocycles. The molecule has 0 spiro atoms. The molecule has 0 unspecified atom stereocenters. The summed E-state index contributed by atoms with van der Waals surface area (Å²) in [5.74, 6) is 0. The van der Waals surface area contributed by atoms with Crippen LogP contribution in [0.3, 0.4) is 0 Å². The predicted molar refractivity (Wildman–Crippen MR) is 34.7 cm³/mol. The first-order valence-electron chi connectivity index (χ1n) is 2.09. The SMILES string of the molecule is [CH2]Oc1sccc1N. The minimum absolute atomic E-state index is 0.657. The molecule has 0 aliphatic rings. The van der Waals surface area contributed by atoms with E-state index in [1.807, 2.05) is 5.38 Å². The highest BCUT2D eigenvalue weighted by molar-refractivity contribution is 7.12. The highest BCUT2D eigenvalue weighted by atomic mass is 32.1. The van der Waals surface area contributed by atoms with Crippen molar-refractivity contribution in [3.63, 3.8) is 0 Å². The van der Waals surface area contributed by atoms with Crippen LogP contribution in [0.5, 0.6) is 5.06 Å². The second-order valence-corrected chi connectivity index (χ2v) is 2.19. The first-order valence-corrected chi connectivity index (χ1v) is 2.97. The lowest BCUT2D eigenvalue weighted by atomic mass is 10.5. The van der Waals surface area contributed by atoms with E-state index in [-0.39, 0.29) is 0 Å². The summed E-state index contributed by atoms with van der Waals surface area (Å²) in [4.78, 5) is 0. The van der Waals surface area contributed by atoms with Crippen molar-refractivity contribution in [2.45, 2.75) is 0 Å². The van der Waals surface area contributed by atoms with Crippen LogP contribution in [0, 0.1) is 7.11 Å². The van der Waals surface area contributed by atoms with Crippen molar-refractivity contribution in [1.82, 2.24) is 0 Å². The fourth-order valence-corrected chi connectivity index (χ4v) is 1.03. The molecule has 0 aromatic carbocycles. The molecule has 0 saturated heterocycles. The number of nitrogen functional groups attached to an aromatic ring is 1. The van der Waals surface area contributed by atoms with Gasteiger partial charge in [0.1, 0.15) is 7.11 Å². The average molecular weight is 128 g/mol. The lowest BCUT2D eigenvalue weighted by Crippen LogP contribution is -1.83. The summed E-state index contributed by atoms with van der Waals surface area (Å²) in [6, 6.07) is 1.78. The van der Waals surface area contributed by atoms with E-state index in [1.165, 1.54) is 11.3 Å². The van der Waals surface area contributed by atoms with Crippen LogP contribution in [0.4, 0.5) is 5.69 Å². The summed E-state index contributed by atoms with van der Waals surface area (Å²) in [6.45, 7) is 0. The minimum Gasteiger partial charge on any atom is -0.479 e. The summed E-state index contributed by atoms with van der Waals surface area (Å²) in [5.41, 5.74) is 6.05. The first kappa shape index (κ1) is 5.44. The molecule has 0 bridgehead atoms. The van der Waals surface area contributed by atoms with E-state index in [2.05, 4.69) is 11.8 Å². The Bertz CT molecular complexity index is 173. The van der Waals surface area contributed by atoms with Gasteiger partial charge in [-0.2, -0.15) is 0 Å². The zero-order valence-electron chi connectivity index (χ0n) is 4.26. The predicted octanol–water partition coefficient (Wildman–Crippen LogP) is 1.50. The molecule has 1 aromatic rings. The van der Waals surface area contributed by atoms with Crippen LogP contribution in [0.1, 0.15) is 0 Å². The largest absolute Gasteiger partial charge is 0.479 e. The van der Waals surface area contributed by atoms with Crippen molar-refractivity contribution in [3.05, 3.63) is 18.6 Å². The normalized spacial score (nSPS) is 9.12. The molecule has 0 saturated carbocycles. The topological polar surface area (TPSA) is 35.2 Å². The van der Waals surface area contributed by atoms with E-state index in [0.29, 0.717) is 10.8 Å². The number of anilines is 1. The quantitative estimate of drug-likeness (QED) is 0.622. The van der Waals surface area contributed by atoms with Gasteiger partial charge in [-0.25, -0.2) is 0 Å². The molecule has 0 amide bonds. The Labute approximate surface area is 51.9 Å². The van der Waals surface area contributed by atoms with Gasteiger partial charge < -0.3 is 10.5 Å². The number of ether oxygens (including phenoxy) is 1. The third kappa shape index (κ3) is 0.767. The van der Waals surface area contributed by atoms with Crippen molar-refractivity contribution >= 4 is 17.0 Å². The van der Waals surface area contributed by atoms with E-state index < -0.39 is 0 Å². The summed E-state index contributed by atoms with van der Waals surface area (Å²) in [6.07, 6.45) is 0. The zero-order chi connectivity index (χ0) is 5.98. The maximum Gasteiger partial charge on any atom is 0.197 e. The van der Waals surface area contributed by atoms with E-state index in [4.69, 9.17) is 5.73 Å². The molecule has 0 atom stereocenters. The van der Waals surface area contributed by atoms with Gasteiger partial charge in [0.2, 0.25) is 0 Å². The Kier molecular flexibility index (Phi) is 1.39. The Morgan fingerprint density at radius 3 is 2.75 bits per heavy atom. The molecule has 3 heteroatoms. The molecular weight excluding hydrogens is 122 g/mol. The zero-order valence-corrected chi connectivity index (χ0v) is 5.07. The molecule has 8 heavy (non-hydrogen) atoms. The number of rotatable bonds is 1. The number of hydrogen-bond acceptors (Lipinski definition) is 3. The molecule has 2 nitrogen and oxygen atoms in total. The second-order valence-electron chi connectivity index (χ2n) is 1.31. The Balaban J connectivity index is 2.92. The number of nitrogens with two attached hydrogens (primary N) is 1. The van der Waals surface area contributed by atoms with Gasteiger partial charge in [-0.05, 0) is 11.4 Å². The Morgan fingerprint density at radius 1 is 1.75 bits per heavy atom. The van der Waals surface area contributed by atoms with Crippen LogP contribution < -0.4 is 10.5 Å². The van der Waals surface area contributed by atoms with Gasteiger partial charge >= 0.3 is 0 Å². The molecule has 1 heterocycles. The van der Waals surface area contributed by atoms with Crippen molar-refractivity contribution in [1.29, 1.82) is 0 Å². The highest BCUT2D eigenvalue weighted by Gasteiger charge is 1.95. The maximum atomic E-state index is 5.40. The van der Waals surface area contributed by atoms with E-state index in [0.717, 1.165) is 0 Å². The van der Waals surface area contributed by atoms with E-state index in [9.17, 15) is 0 Å². The lowest BCUT2D eigenvalue weighted by molar-refractivity contribution is 0.489. The molecule has 43 valence electrons. The van der Waals surface area contributed by atoms with Crippen LogP contribution in [-0.4, -0.2) is 0 Å². The molecular formula is C5H6NOS. The van der Waals surface area contributed by atoms with Crippen LogP contribution in [0.25, 0.3) is 0 Å². The van der Waals surface area contributed by atoms with Crippen LogP contribution in [0.15, 0.2) is 11.4 Å². The van der Waals surface area contributed by atoms with Gasteiger partial charge in [0.15, 0.2) is 5.06 Å². The monoisotopic (exact) mass is 128 g/mol. The molecule has 0 aliphatic carbocycles. The van der Waals surface area contributed by atoms with Crippen molar-refractivity contribution < 1.29 is 4.74 Å². The fraction of sp³-hybridized carbons (Fsp3) is 0. The van der Waals surface area contributed by atoms with Crippen molar-refractivity contribution in [3.8, 4) is 5.06 Å². The maximum absolute atomic E-state index is 5.40. The van der Waals surface area contributed by atoms with Crippen LogP contribution in [0.2, 0.25) is 0 Å². The third-order valence-corrected chi connectivity index (χ3v) is 1.63. The summed E-state index contributed by atoms with van der Waals surface area (Å²) >= 11 is 1.44. The number of thiophene rings is 1. The van der Waals surface area contributed by atoms with Gasteiger partial charge in [-0.3, -0.25) is 0 Å². The van der Waals surface area contributed by atoms with Crippen molar-refractivity contribution in [2.75, 3.05) is 5.73 Å². The average Bonchev–Trinajstić information content (AvgIpc) is 2.14. The molecule has 1 rings (SSSR count). The third-order valence-electron chi connectivity index (χ3n) is 0.789. The van der Waals surface area contributed by atoms with Gasteiger partial charge in [-0.1, -0.05) is 0 Å². The molecule has 0 fully saturated rings. The smallest absolute Gasteiger partial charge is 0.197 e. The van der Waals surface area contributed by atoms with E-state index >= 15 is 0 Å². The Hall–Kier alpha value is -0.700. The van der Waals surface area contributed by atoms with Gasteiger partial charge in [-0.15, -0.1) is 11.3 Å². The van der Waals surface area contributed by atoms with E-state index in [1.54, 1.807) is 6.07 Å². The lowest BCUT2D eigenvalue weighted by Gasteiger charge is -1.91. The second kappa shape index (κ2) is 2.05. The van der Waals surface area contributed by atoms with Gasteiger partial charge in [0.05, 0.1) is 5.69 Å². The van der Waals surface area contributed by atoms with Crippen LogP contribution >= 0.6 is 11.3 Å². The summed E-state index contributed by atoms with van der Waals surface area (Å²) in [5, 5.41) is 2.54. The molecule has 0 aliphatic heterocycles. The number of hydrogen-bond donors (Lipinski definition) is 1. The minimum atomic E-state index is 0.657. The highest BCUT2D eigenvalue weighted by Crippen LogP contribution is 2.27. The van der Waals surface area contributed by atoms with Gasteiger partial charge in [0, 0.05) is 0 Å². The van der Waals surface area contributed by atoms with Crippen molar-refractivity contribution in [2.24, 2.45) is 0 Å². The summed E-state index contributed by atoms with van der Waals surface area (Å²) < 4.78 is 4.63. The standard InChI is InChI=1S/C5H6NOS/c1-7-5-4(6)2-3-8-5/h2-3H,1,6H2. The molecule has 1 radical (unpaired) electrons. The summed E-state index contributed by atoms with van der Waals surface area (Å²) in [7, 11) is 3.22. The van der Waals surface area contributed by atoms with Gasteiger partial charge in [0.25, 0.3) is 0 Å².